The number of anilines is 1. The highest BCUT2D eigenvalue weighted by atomic mass is 32.2. The summed E-state index contributed by atoms with van der Waals surface area (Å²) in [7, 11) is 0. The van der Waals surface area contributed by atoms with Gasteiger partial charge in [-0.2, -0.15) is 5.26 Å². The summed E-state index contributed by atoms with van der Waals surface area (Å²) in [5.74, 6) is -0.166. The van der Waals surface area contributed by atoms with Gasteiger partial charge >= 0.3 is 0 Å². The number of nitrogens with zero attached hydrogens (tertiary/aromatic N) is 1. The van der Waals surface area contributed by atoms with Gasteiger partial charge in [-0.25, -0.2) is 0 Å². The van der Waals surface area contributed by atoms with Crippen molar-refractivity contribution in [3.05, 3.63) is 83.9 Å². The molecule has 0 aliphatic heterocycles. The minimum atomic E-state index is -0.166. The van der Waals surface area contributed by atoms with E-state index in [4.69, 9.17) is 0 Å². The largest absolute Gasteiger partial charge is 0.322 e. The molecule has 5 heteroatoms. The van der Waals surface area contributed by atoms with Crippen LogP contribution in [0.2, 0.25) is 0 Å². The molecule has 0 aromatic heterocycles. The Hall–Kier alpha value is -2.68. The lowest BCUT2D eigenvalue weighted by atomic mass is 10.2. The highest BCUT2D eigenvalue weighted by molar-refractivity contribution is 7.99. The number of carbonyl (C=O) groups excluding carboxylic acids is 1. The molecule has 3 aromatic rings. The van der Waals surface area contributed by atoms with Crippen LogP contribution in [0.15, 0.2) is 87.5 Å². The zero-order valence-corrected chi connectivity index (χ0v) is 15.7. The Morgan fingerprint density at radius 2 is 1.69 bits per heavy atom. The molecule has 3 aromatic carbocycles. The molecule has 0 saturated heterocycles. The van der Waals surface area contributed by atoms with Gasteiger partial charge in [0.2, 0.25) is 0 Å². The second kappa shape index (κ2) is 8.61. The molecule has 0 unspecified atom stereocenters. The Bertz CT molecular complexity index is 979. The van der Waals surface area contributed by atoms with Crippen LogP contribution in [0.3, 0.4) is 0 Å². The normalized spacial score (nSPS) is 10.2. The third-order valence-corrected chi connectivity index (χ3v) is 5.56. The number of carbonyl (C=O) groups is 1. The van der Waals surface area contributed by atoms with Gasteiger partial charge in [0.15, 0.2) is 0 Å². The van der Waals surface area contributed by atoms with Crippen LogP contribution in [0.25, 0.3) is 0 Å². The average molecular weight is 377 g/mol. The maximum Gasteiger partial charge on any atom is 0.256 e. The van der Waals surface area contributed by atoms with Crippen molar-refractivity contribution in [2.24, 2.45) is 0 Å². The van der Waals surface area contributed by atoms with Crippen LogP contribution >= 0.6 is 23.5 Å². The van der Waals surface area contributed by atoms with Crippen LogP contribution in [-0.2, 0) is 0 Å². The van der Waals surface area contributed by atoms with Crippen molar-refractivity contribution in [3.8, 4) is 6.07 Å². The molecular weight excluding hydrogens is 360 g/mol. The van der Waals surface area contributed by atoms with E-state index in [0.717, 1.165) is 20.4 Å². The lowest BCUT2D eigenvalue weighted by molar-refractivity contribution is 0.102. The predicted octanol–water partition coefficient (Wildman–Crippen LogP) is 5.68. The molecule has 0 saturated carbocycles. The van der Waals surface area contributed by atoms with Crippen molar-refractivity contribution in [1.82, 2.24) is 0 Å². The number of nitriles is 1. The van der Waals surface area contributed by atoms with Crippen molar-refractivity contribution < 1.29 is 4.79 Å². The quantitative estimate of drug-likeness (QED) is 0.582. The number of benzene rings is 3. The minimum absolute atomic E-state index is 0.166. The lowest BCUT2D eigenvalue weighted by Crippen LogP contribution is -2.12. The van der Waals surface area contributed by atoms with Crippen LogP contribution in [0, 0.1) is 11.3 Å². The molecule has 128 valence electrons. The van der Waals surface area contributed by atoms with Gasteiger partial charge in [-0.15, -0.1) is 11.8 Å². The zero-order chi connectivity index (χ0) is 18.4. The van der Waals surface area contributed by atoms with E-state index < -0.39 is 0 Å². The minimum Gasteiger partial charge on any atom is -0.322 e. The van der Waals surface area contributed by atoms with E-state index in [0.29, 0.717) is 11.1 Å². The van der Waals surface area contributed by atoms with E-state index in [2.05, 4.69) is 11.4 Å². The fourth-order valence-corrected chi connectivity index (χ4v) is 3.89. The Morgan fingerprint density at radius 3 is 2.46 bits per heavy atom. The maximum absolute atomic E-state index is 12.8. The predicted molar refractivity (Wildman–Crippen MR) is 108 cm³/mol. The second-order valence-corrected chi connectivity index (χ2v) is 7.36. The first kappa shape index (κ1) is 18.1. The average Bonchev–Trinajstić information content (AvgIpc) is 2.69. The highest BCUT2D eigenvalue weighted by Crippen LogP contribution is 2.33. The van der Waals surface area contributed by atoms with Crippen LogP contribution in [0.1, 0.15) is 15.9 Å². The van der Waals surface area contributed by atoms with E-state index in [1.807, 2.05) is 66.9 Å². The molecule has 0 aliphatic rings. The van der Waals surface area contributed by atoms with Gasteiger partial charge in [-0.05, 0) is 48.7 Å². The fourth-order valence-electron chi connectivity index (χ4n) is 2.41. The Labute approximate surface area is 161 Å². The summed E-state index contributed by atoms with van der Waals surface area (Å²) >= 11 is 3.05. The molecular formula is C21H16N2OS2. The smallest absolute Gasteiger partial charge is 0.256 e. The van der Waals surface area contributed by atoms with Gasteiger partial charge < -0.3 is 5.32 Å². The van der Waals surface area contributed by atoms with Gasteiger partial charge in [-0.1, -0.05) is 42.1 Å². The summed E-state index contributed by atoms with van der Waals surface area (Å²) in [6, 6.07) is 24.8. The third kappa shape index (κ3) is 4.29. The van der Waals surface area contributed by atoms with Gasteiger partial charge in [0.25, 0.3) is 5.91 Å². The molecule has 0 bridgehead atoms. The van der Waals surface area contributed by atoms with Gasteiger partial charge in [0.1, 0.15) is 6.07 Å². The summed E-state index contributed by atoms with van der Waals surface area (Å²) < 4.78 is 0. The first-order valence-electron chi connectivity index (χ1n) is 7.92. The SMILES string of the molecule is CSc1cccc(NC(=O)c2ccccc2Sc2ccccc2C#N)c1. The van der Waals surface area contributed by atoms with Crippen LogP contribution < -0.4 is 5.32 Å². The summed E-state index contributed by atoms with van der Waals surface area (Å²) in [5.41, 5.74) is 1.94. The fraction of sp³-hybridized carbons (Fsp3) is 0.0476. The highest BCUT2D eigenvalue weighted by Gasteiger charge is 2.14. The molecule has 1 N–H and O–H groups in total. The van der Waals surface area contributed by atoms with Gasteiger partial charge in [-0.3, -0.25) is 4.79 Å². The molecule has 0 spiro atoms. The summed E-state index contributed by atoms with van der Waals surface area (Å²) in [6.45, 7) is 0. The number of nitrogens with one attached hydrogen (secondary N) is 1. The molecule has 0 fully saturated rings. The number of thioether (sulfide) groups is 1. The summed E-state index contributed by atoms with van der Waals surface area (Å²) in [6.07, 6.45) is 2.00. The van der Waals surface area contributed by atoms with Crippen molar-refractivity contribution in [2.45, 2.75) is 14.7 Å². The molecule has 1 amide bonds. The van der Waals surface area contributed by atoms with Crippen molar-refractivity contribution in [2.75, 3.05) is 11.6 Å². The molecule has 26 heavy (non-hydrogen) atoms. The van der Waals surface area contributed by atoms with E-state index in [9.17, 15) is 10.1 Å². The summed E-state index contributed by atoms with van der Waals surface area (Å²) in [4.78, 5) is 15.5. The Balaban J connectivity index is 1.87. The molecule has 0 radical (unpaired) electrons. The summed E-state index contributed by atoms with van der Waals surface area (Å²) in [5, 5.41) is 12.2. The monoisotopic (exact) mass is 376 g/mol. The van der Waals surface area contributed by atoms with Crippen molar-refractivity contribution in [1.29, 1.82) is 5.26 Å². The first-order chi connectivity index (χ1) is 12.7. The number of amides is 1. The lowest BCUT2D eigenvalue weighted by Gasteiger charge is -2.11. The van der Waals surface area contributed by atoms with Crippen LogP contribution in [0.5, 0.6) is 0 Å². The molecule has 0 atom stereocenters. The topological polar surface area (TPSA) is 52.9 Å². The molecule has 0 aliphatic carbocycles. The number of rotatable bonds is 5. The zero-order valence-electron chi connectivity index (χ0n) is 14.1. The third-order valence-electron chi connectivity index (χ3n) is 3.69. The Morgan fingerprint density at radius 1 is 0.962 bits per heavy atom. The maximum atomic E-state index is 12.8. The number of hydrogen-bond acceptors (Lipinski definition) is 4. The van der Waals surface area contributed by atoms with E-state index >= 15 is 0 Å². The second-order valence-electron chi connectivity index (χ2n) is 5.39. The standard InChI is InChI=1S/C21H16N2OS2/c1-25-17-9-6-8-16(13-17)23-21(24)18-10-3-5-12-20(18)26-19-11-4-2-7-15(19)14-22/h2-13H,1H3,(H,23,24). The van der Waals surface area contributed by atoms with Crippen molar-refractivity contribution in [3.63, 3.8) is 0 Å². The molecule has 3 rings (SSSR count). The van der Waals surface area contributed by atoms with E-state index in [-0.39, 0.29) is 5.91 Å². The molecule has 0 heterocycles. The first-order valence-corrected chi connectivity index (χ1v) is 9.97. The van der Waals surface area contributed by atoms with Crippen LogP contribution in [0.4, 0.5) is 5.69 Å². The van der Waals surface area contributed by atoms with E-state index in [1.54, 1.807) is 23.9 Å². The van der Waals surface area contributed by atoms with Crippen LogP contribution in [-0.4, -0.2) is 12.2 Å². The number of hydrogen-bond donors (Lipinski definition) is 1. The molecule has 3 nitrogen and oxygen atoms in total. The van der Waals surface area contributed by atoms with Crippen molar-refractivity contribution >= 4 is 35.1 Å². The van der Waals surface area contributed by atoms with Gasteiger partial charge in [0, 0.05) is 20.4 Å². The Kier molecular flexibility index (Phi) is 6.00. The van der Waals surface area contributed by atoms with E-state index in [1.165, 1.54) is 11.8 Å². The van der Waals surface area contributed by atoms with Gasteiger partial charge in [0.05, 0.1) is 11.1 Å².